The Kier molecular flexibility index (Phi) is 29.9. The second-order valence-electron chi connectivity index (χ2n) is 18.7. The van der Waals surface area contributed by atoms with Crippen LogP contribution in [0.15, 0.2) is 0 Å². The van der Waals surface area contributed by atoms with Crippen molar-refractivity contribution in [1.82, 2.24) is 9.44 Å². The van der Waals surface area contributed by atoms with Gasteiger partial charge in [-0.25, -0.2) is 35.1 Å². The number of alkyl halides is 26. The van der Waals surface area contributed by atoms with Crippen molar-refractivity contribution in [3.05, 3.63) is 0 Å². The van der Waals surface area contributed by atoms with E-state index < -0.39 is 186 Å². The zero-order valence-corrected chi connectivity index (χ0v) is 41.9. The largest absolute Gasteiger partial charge is 1.00 e. The van der Waals surface area contributed by atoms with Gasteiger partial charge in [-0.1, -0.05) is 7.43 Å². The molecule has 0 saturated carbocycles. The SMILES string of the molecule is C.C[N+](C)(C)CCCNS(=O)(=O)CCCC(CC(CC(F)(C(F)(F)F)C(F)(F)F)C(F)(F)F)C(F)(F)F.C[N+](C)(CCNS(=O)(=O)CCCC(CC(CC(F)(C(F)(F)F)C(F)(F)F)C(F)(F)F)C(F)(F)F)CC(=O)[O-].[Cl-]. The molecule has 0 aliphatic rings. The van der Waals surface area contributed by atoms with Crippen LogP contribution in [-0.2, 0) is 24.8 Å². The molecule has 0 aromatic heterocycles. The molecular weight excluding hydrogens is 1190 g/mol. The van der Waals surface area contributed by atoms with E-state index in [1.807, 2.05) is 4.72 Å². The second-order valence-corrected chi connectivity index (χ2v) is 22.5. The van der Waals surface area contributed by atoms with Crippen LogP contribution in [0.1, 0.15) is 65.2 Å². The number of carbonyl (C=O) groups excluding carboxylic acids is 1. The minimum atomic E-state index is -6.92. The molecule has 0 aliphatic heterocycles. The molecule has 0 heterocycles. The molecule has 10 nitrogen and oxygen atoms in total. The average molecular weight is 1250 g/mol. The lowest BCUT2D eigenvalue weighted by Crippen LogP contribution is -3.00. The van der Waals surface area contributed by atoms with Gasteiger partial charge >= 0.3 is 49.4 Å². The molecule has 0 aromatic rings. The van der Waals surface area contributed by atoms with Gasteiger partial charge in [0.1, 0.15) is 6.54 Å². The lowest BCUT2D eigenvalue weighted by Gasteiger charge is -2.35. The topological polar surface area (TPSA) is 132 Å². The smallest absolute Gasteiger partial charge is 0.431 e. The molecule has 0 aliphatic carbocycles. The number of nitrogens with zero attached hydrogens (tertiary/aromatic N) is 2. The van der Waals surface area contributed by atoms with Crippen LogP contribution in [0.25, 0.3) is 0 Å². The highest BCUT2D eigenvalue weighted by molar-refractivity contribution is 7.89. The predicted molar refractivity (Wildman–Crippen MR) is 212 cm³/mol. The van der Waals surface area contributed by atoms with Crippen LogP contribution in [0.4, 0.5) is 114 Å². The number of aliphatic carboxylic acids is 1. The van der Waals surface area contributed by atoms with Crippen LogP contribution in [-0.4, -0.2) is 172 Å². The van der Waals surface area contributed by atoms with Crippen molar-refractivity contribution < 1.29 is 162 Å². The van der Waals surface area contributed by atoms with E-state index in [4.69, 9.17) is 0 Å². The fourth-order valence-corrected chi connectivity index (χ4v) is 8.78. The number of carboxylic acids is 1. The Morgan fingerprint density at radius 2 is 0.737 bits per heavy atom. The number of hydrogen-bond donors (Lipinski definition) is 2. The Balaban J connectivity index is -0.000000666. The third-order valence-corrected chi connectivity index (χ3v) is 13.6. The summed E-state index contributed by atoms with van der Waals surface area (Å²) in [6.45, 7) is -0.643. The first kappa shape index (κ1) is 80.2. The normalized spacial score (nSPS) is 16.1. The first-order valence-electron chi connectivity index (χ1n) is 20.8. The Bertz CT molecular complexity index is 1920. The summed E-state index contributed by atoms with van der Waals surface area (Å²) in [6.07, 6.45) is -66.8. The number of carboxylic acid groups (broad SMARTS) is 1. The maximum Gasteiger partial charge on any atom is 0.431 e. The molecule has 4 unspecified atom stereocenters. The summed E-state index contributed by atoms with van der Waals surface area (Å²) in [5, 5.41) is 10.6. The molecule has 0 rings (SSSR count). The molecule has 0 amide bonds. The van der Waals surface area contributed by atoms with Crippen molar-refractivity contribution in [1.29, 1.82) is 0 Å². The first-order chi connectivity index (χ1) is 32.2. The van der Waals surface area contributed by atoms with Crippen molar-refractivity contribution in [2.45, 2.75) is 126 Å². The van der Waals surface area contributed by atoms with Gasteiger partial charge in [0, 0.05) is 25.8 Å². The van der Waals surface area contributed by atoms with Crippen LogP contribution in [0.3, 0.4) is 0 Å². The van der Waals surface area contributed by atoms with E-state index in [1.165, 1.54) is 14.1 Å². The highest BCUT2D eigenvalue weighted by Gasteiger charge is 2.75. The minimum absolute atomic E-state index is 0. The number of carbonyl (C=O) groups is 1. The number of hydrogen-bond acceptors (Lipinski definition) is 6. The fourth-order valence-electron chi connectivity index (χ4n) is 6.54. The van der Waals surface area contributed by atoms with Gasteiger partial charge in [-0.3, -0.25) is 0 Å². The van der Waals surface area contributed by atoms with E-state index in [1.54, 1.807) is 21.1 Å². The molecule has 2 N–H and O–H groups in total. The van der Waals surface area contributed by atoms with Gasteiger partial charge in [-0.2, -0.15) is 105 Å². The second kappa shape index (κ2) is 28.4. The molecule has 462 valence electrons. The van der Waals surface area contributed by atoms with Crippen molar-refractivity contribution in [2.75, 3.05) is 79.5 Å². The quantitative estimate of drug-likeness (QED) is 0.0525. The van der Waals surface area contributed by atoms with E-state index in [9.17, 15) is 141 Å². The van der Waals surface area contributed by atoms with Crippen LogP contribution in [0.5, 0.6) is 0 Å². The lowest BCUT2D eigenvalue weighted by atomic mass is 9.82. The van der Waals surface area contributed by atoms with Gasteiger partial charge in [0.2, 0.25) is 20.0 Å². The van der Waals surface area contributed by atoms with Crippen molar-refractivity contribution in [3.63, 3.8) is 0 Å². The Labute approximate surface area is 426 Å². The highest BCUT2D eigenvalue weighted by atomic mass is 35.5. The van der Waals surface area contributed by atoms with E-state index in [0.717, 1.165) is 0 Å². The van der Waals surface area contributed by atoms with E-state index in [2.05, 4.69) is 4.72 Å². The van der Waals surface area contributed by atoms with Crippen LogP contribution < -0.4 is 27.0 Å². The number of rotatable bonds is 27. The summed E-state index contributed by atoms with van der Waals surface area (Å²) >= 11 is 0. The number of likely N-dealkylation sites (N-methyl/N-ethyl adjacent to an activating group) is 1. The van der Waals surface area contributed by atoms with Crippen molar-refractivity contribution in [3.8, 4) is 0 Å². The summed E-state index contributed by atoms with van der Waals surface area (Å²) in [5.74, 6) is -17.9. The maximum atomic E-state index is 13.9. The number of quaternary nitrogens is 2. The molecule has 0 aromatic carbocycles. The number of halogens is 27. The van der Waals surface area contributed by atoms with Crippen LogP contribution in [0.2, 0.25) is 0 Å². The molecule has 76 heavy (non-hydrogen) atoms. The number of sulfonamides is 2. The standard InChI is InChI=1S/C18H25F13N2O4S.C18H28F13N2O2S.CH4.ClH/c1-33(2,10-13(34)35)6-5-32-38(36,37)7-3-4-11(15(20,21)22)8-12(16(23,24)25)9-14(19,17(26,27)28)18(29,30)31;1-33(2,3)8-5-7-32-36(34,35)9-4-6-12(15(20,21)22)10-13(16(23,24)25)11-14(19,17(26,27)28)18(29,30)31;;/h11-12,32H,3-10H2,1-2H3;12-13,32H,4-11H2,1-3H3;1H4;1H/q;+1;;/p-1. The molecule has 0 bridgehead atoms. The molecule has 0 spiro atoms. The summed E-state index contributed by atoms with van der Waals surface area (Å²) in [6, 6.07) is 0. The first-order valence-corrected chi connectivity index (χ1v) is 24.2. The van der Waals surface area contributed by atoms with Crippen LogP contribution >= 0.6 is 0 Å². The maximum absolute atomic E-state index is 13.9. The Morgan fingerprint density at radius 3 is 0.974 bits per heavy atom. The van der Waals surface area contributed by atoms with Gasteiger partial charge < -0.3 is 31.3 Å². The predicted octanol–water partition coefficient (Wildman–Crippen LogP) is 6.87. The average Bonchev–Trinajstić information content (AvgIpc) is 3.10. The fraction of sp³-hybridized carbons (Fsp3) is 0.973. The van der Waals surface area contributed by atoms with Gasteiger partial charge in [0.05, 0.1) is 96.0 Å². The Morgan fingerprint density at radius 1 is 0.461 bits per heavy atom. The molecule has 0 saturated heterocycles. The summed E-state index contributed by atoms with van der Waals surface area (Å²) in [7, 11) is -0.384. The minimum Gasteiger partial charge on any atom is -1.00 e. The third-order valence-electron chi connectivity index (χ3n) is 10.7. The van der Waals surface area contributed by atoms with Crippen molar-refractivity contribution >= 4 is 26.0 Å². The molecule has 0 fully saturated rings. The summed E-state index contributed by atoms with van der Waals surface area (Å²) in [4.78, 5) is 10.6. The van der Waals surface area contributed by atoms with Gasteiger partial charge in [-0.05, 0) is 38.5 Å². The molecule has 4 atom stereocenters. The lowest BCUT2D eigenvalue weighted by molar-refractivity contribution is -0.883. The van der Waals surface area contributed by atoms with E-state index in [-0.39, 0.29) is 37.4 Å². The van der Waals surface area contributed by atoms with Crippen LogP contribution in [0, 0.1) is 23.7 Å². The van der Waals surface area contributed by atoms with Gasteiger partial charge in [0.15, 0.2) is 0 Å². The summed E-state index contributed by atoms with van der Waals surface area (Å²) in [5.41, 5.74) is -12.9. The zero-order valence-electron chi connectivity index (χ0n) is 39.5. The monoisotopic (exact) mass is 1250 g/mol. The third kappa shape index (κ3) is 28.7. The molecular formula is C37H57ClF26N4O6S2. The van der Waals surface area contributed by atoms with E-state index in [0.29, 0.717) is 17.4 Å². The Hall–Kier alpha value is -2.32. The zero-order chi connectivity index (χ0) is 59.6. The summed E-state index contributed by atoms with van der Waals surface area (Å²) < 4.78 is 391. The molecule has 39 heteroatoms. The number of nitrogens with one attached hydrogen (secondary N) is 2. The van der Waals surface area contributed by atoms with Gasteiger partial charge in [0.25, 0.3) is 11.3 Å². The highest BCUT2D eigenvalue weighted by Crippen LogP contribution is 2.55. The molecule has 0 radical (unpaired) electrons. The van der Waals surface area contributed by atoms with Gasteiger partial charge in [-0.15, -0.1) is 0 Å². The van der Waals surface area contributed by atoms with Crippen molar-refractivity contribution in [2.24, 2.45) is 23.7 Å². The van der Waals surface area contributed by atoms with E-state index >= 15 is 0 Å².